The molecule has 0 spiro atoms. The highest BCUT2D eigenvalue weighted by Gasteiger charge is 2.26. The molecule has 0 atom stereocenters. The van der Waals surface area contributed by atoms with Crippen LogP contribution >= 0.6 is 11.8 Å². The number of hydrogen-bond acceptors (Lipinski definition) is 6. The molecule has 9 aromatic carbocycles. The first-order valence-corrected chi connectivity index (χ1v) is 22.2. The Morgan fingerprint density at radius 2 is 0.953 bits per heavy atom. The summed E-state index contributed by atoms with van der Waals surface area (Å²) in [6.45, 7) is 0. The molecule has 0 unspecified atom stereocenters. The van der Waals surface area contributed by atoms with Crippen molar-refractivity contribution in [2.75, 3.05) is 4.90 Å². The predicted molar refractivity (Wildman–Crippen MR) is 262 cm³/mol. The van der Waals surface area contributed by atoms with Crippen LogP contribution in [0.5, 0.6) is 0 Å². The summed E-state index contributed by atoms with van der Waals surface area (Å²) in [5.74, 6) is 1.90. The van der Waals surface area contributed by atoms with Crippen molar-refractivity contribution in [2.24, 2.45) is 0 Å². The summed E-state index contributed by atoms with van der Waals surface area (Å²) < 4.78 is 8.56. The van der Waals surface area contributed by atoms with Crippen molar-refractivity contribution < 1.29 is 4.42 Å². The molecule has 64 heavy (non-hydrogen) atoms. The first kappa shape index (κ1) is 36.4. The number of hydrogen-bond donors (Lipinski definition) is 0. The van der Waals surface area contributed by atoms with Gasteiger partial charge in [-0.05, 0) is 90.0 Å². The van der Waals surface area contributed by atoms with Gasteiger partial charge in [0.2, 0.25) is 0 Å². The van der Waals surface area contributed by atoms with Gasteiger partial charge in [0.15, 0.2) is 17.5 Å². The Kier molecular flexibility index (Phi) is 8.35. The van der Waals surface area contributed by atoms with Crippen molar-refractivity contribution in [3.05, 3.63) is 212 Å². The average Bonchev–Trinajstić information content (AvgIpc) is 3.91. The van der Waals surface area contributed by atoms with Crippen LogP contribution < -0.4 is 4.90 Å². The molecule has 6 nitrogen and oxygen atoms in total. The molecule has 4 heterocycles. The van der Waals surface area contributed by atoms with E-state index in [-0.39, 0.29) is 0 Å². The fraction of sp³-hybridized carbons (Fsp3) is 0. The molecular weight excluding hydrogens is 803 g/mol. The fourth-order valence-electron chi connectivity index (χ4n) is 9.22. The molecule has 0 bridgehead atoms. The summed E-state index contributed by atoms with van der Waals surface area (Å²) in [6, 6.07) is 74.6. The lowest BCUT2D eigenvalue weighted by molar-refractivity contribution is 0.669. The number of anilines is 3. The van der Waals surface area contributed by atoms with Gasteiger partial charge in [0.1, 0.15) is 11.2 Å². The molecule has 1 aliphatic heterocycles. The Labute approximate surface area is 372 Å². The molecule has 12 aromatic rings. The summed E-state index contributed by atoms with van der Waals surface area (Å²) in [5, 5.41) is 4.62. The molecule has 1 aliphatic rings. The Hall–Kier alpha value is -8.26. The molecule has 3 aromatic heterocycles. The van der Waals surface area contributed by atoms with Crippen molar-refractivity contribution in [3.63, 3.8) is 0 Å². The summed E-state index contributed by atoms with van der Waals surface area (Å²) in [5.41, 5.74) is 13.6. The number of benzene rings is 9. The minimum absolute atomic E-state index is 0.625. The van der Waals surface area contributed by atoms with E-state index in [9.17, 15) is 0 Å². The molecule has 0 aliphatic carbocycles. The van der Waals surface area contributed by atoms with E-state index in [0.29, 0.717) is 17.5 Å². The van der Waals surface area contributed by atoms with Crippen LogP contribution in [0.2, 0.25) is 0 Å². The smallest absolute Gasteiger partial charge is 0.164 e. The number of rotatable bonds is 6. The molecule has 0 radical (unpaired) electrons. The maximum atomic E-state index is 6.21. The van der Waals surface area contributed by atoms with E-state index in [4.69, 9.17) is 19.4 Å². The normalized spacial score (nSPS) is 12.3. The molecule has 0 N–H and O–H groups in total. The summed E-state index contributed by atoms with van der Waals surface area (Å²) in [4.78, 5) is 19.8. The van der Waals surface area contributed by atoms with Gasteiger partial charge < -0.3 is 13.9 Å². The van der Waals surface area contributed by atoms with Gasteiger partial charge in [0.25, 0.3) is 0 Å². The van der Waals surface area contributed by atoms with E-state index in [1.807, 2.05) is 84.6 Å². The lowest BCUT2D eigenvalue weighted by Gasteiger charge is -2.33. The van der Waals surface area contributed by atoms with E-state index < -0.39 is 0 Å². The zero-order valence-corrected chi connectivity index (χ0v) is 35.1. The Morgan fingerprint density at radius 1 is 0.344 bits per heavy atom. The van der Waals surface area contributed by atoms with Crippen molar-refractivity contribution >= 4 is 72.6 Å². The standard InChI is InChI=1S/C57H35N5OS/c1-3-14-36(15-4-1)55-58-56(37-16-5-2-6-17-37)60-57(59-55)40-18-13-19-41(32-40)61-47-22-9-7-20-43(47)45-33-38(26-29-48(45)61)39-27-30-50-54(34-39)64-53-25-12-10-23-49(53)62(50)42-28-31-52-46(35-42)44-21-8-11-24-51(44)63-52/h1-35H. The van der Waals surface area contributed by atoms with E-state index in [0.717, 1.165) is 72.3 Å². The zero-order valence-electron chi connectivity index (χ0n) is 34.3. The van der Waals surface area contributed by atoms with Gasteiger partial charge in [-0.3, -0.25) is 0 Å². The molecular formula is C57H35N5OS. The highest BCUT2D eigenvalue weighted by Crippen LogP contribution is 2.53. The van der Waals surface area contributed by atoms with Gasteiger partial charge in [-0.25, -0.2) is 15.0 Å². The second kappa shape index (κ2) is 14.7. The summed E-state index contributed by atoms with van der Waals surface area (Å²) in [7, 11) is 0. The van der Waals surface area contributed by atoms with Crippen LogP contribution in [0.25, 0.3) is 94.7 Å². The summed E-state index contributed by atoms with van der Waals surface area (Å²) >= 11 is 1.83. The maximum Gasteiger partial charge on any atom is 0.164 e. The SMILES string of the molecule is c1ccc(-c2nc(-c3ccccc3)nc(-c3cccc(-n4c5ccccc5c5cc(-c6ccc7c(c6)Sc6ccccc6N7c6ccc7oc8ccccc8c7c6)ccc54)c3)n2)cc1. The Bertz CT molecular complexity index is 3730. The number of nitrogens with zero attached hydrogens (tertiary/aromatic N) is 5. The Balaban J connectivity index is 0.907. The minimum Gasteiger partial charge on any atom is -0.456 e. The maximum absolute atomic E-state index is 6.21. The quantitative estimate of drug-likeness (QED) is 0.166. The highest BCUT2D eigenvalue weighted by atomic mass is 32.2. The van der Waals surface area contributed by atoms with Crippen LogP contribution in [-0.2, 0) is 0 Å². The number of furan rings is 1. The average molecular weight is 838 g/mol. The highest BCUT2D eigenvalue weighted by molar-refractivity contribution is 7.99. The van der Waals surface area contributed by atoms with E-state index >= 15 is 0 Å². The number of aromatic nitrogens is 4. The van der Waals surface area contributed by atoms with Gasteiger partial charge in [0.05, 0.1) is 22.4 Å². The molecule has 300 valence electrons. The van der Waals surface area contributed by atoms with Crippen molar-refractivity contribution in [3.8, 4) is 51.0 Å². The van der Waals surface area contributed by atoms with E-state index in [1.165, 1.54) is 31.8 Å². The van der Waals surface area contributed by atoms with Crippen LogP contribution in [0.4, 0.5) is 17.1 Å². The molecule has 0 saturated heterocycles. The van der Waals surface area contributed by atoms with Gasteiger partial charge >= 0.3 is 0 Å². The van der Waals surface area contributed by atoms with Crippen LogP contribution in [0.3, 0.4) is 0 Å². The van der Waals surface area contributed by atoms with Crippen LogP contribution in [0.15, 0.2) is 227 Å². The van der Waals surface area contributed by atoms with Gasteiger partial charge in [-0.1, -0.05) is 145 Å². The monoisotopic (exact) mass is 837 g/mol. The van der Waals surface area contributed by atoms with Crippen LogP contribution in [-0.4, -0.2) is 19.5 Å². The number of fused-ring (bicyclic) bond motifs is 8. The first-order chi connectivity index (χ1) is 31.7. The van der Waals surface area contributed by atoms with Crippen molar-refractivity contribution in [1.82, 2.24) is 19.5 Å². The van der Waals surface area contributed by atoms with E-state index in [2.05, 4.69) is 149 Å². The third kappa shape index (κ3) is 6.01. The van der Waals surface area contributed by atoms with Crippen LogP contribution in [0.1, 0.15) is 0 Å². The van der Waals surface area contributed by atoms with Gasteiger partial charge in [0, 0.05) is 59.4 Å². The first-order valence-electron chi connectivity index (χ1n) is 21.3. The van der Waals surface area contributed by atoms with Gasteiger partial charge in [-0.2, -0.15) is 0 Å². The van der Waals surface area contributed by atoms with Crippen LogP contribution in [0, 0.1) is 0 Å². The predicted octanol–water partition coefficient (Wildman–Crippen LogP) is 15.5. The molecule has 7 heteroatoms. The van der Waals surface area contributed by atoms with Crippen molar-refractivity contribution in [2.45, 2.75) is 9.79 Å². The molecule has 13 rings (SSSR count). The van der Waals surface area contributed by atoms with E-state index in [1.54, 1.807) is 0 Å². The third-order valence-electron chi connectivity index (χ3n) is 12.2. The lowest BCUT2D eigenvalue weighted by atomic mass is 10.0. The fourth-order valence-corrected chi connectivity index (χ4v) is 10.3. The molecule has 0 fully saturated rings. The number of para-hydroxylation sites is 3. The third-order valence-corrected chi connectivity index (χ3v) is 13.3. The lowest BCUT2D eigenvalue weighted by Crippen LogP contribution is -2.14. The molecule has 0 amide bonds. The van der Waals surface area contributed by atoms with Gasteiger partial charge in [-0.15, -0.1) is 0 Å². The molecule has 0 saturated carbocycles. The largest absolute Gasteiger partial charge is 0.456 e. The minimum atomic E-state index is 0.625. The Morgan fingerprint density at radius 3 is 1.77 bits per heavy atom. The topological polar surface area (TPSA) is 60.0 Å². The zero-order chi connectivity index (χ0) is 42.1. The summed E-state index contributed by atoms with van der Waals surface area (Å²) in [6.07, 6.45) is 0. The second-order valence-electron chi connectivity index (χ2n) is 16.0. The second-order valence-corrected chi connectivity index (χ2v) is 17.1. The van der Waals surface area contributed by atoms with Crippen molar-refractivity contribution in [1.29, 1.82) is 0 Å².